The van der Waals surface area contributed by atoms with E-state index < -0.39 is 0 Å². The Morgan fingerprint density at radius 3 is 2.57 bits per heavy atom. The molecule has 3 rings (SSSR count). The summed E-state index contributed by atoms with van der Waals surface area (Å²) in [5.74, 6) is 7.29. The van der Waals surface area contributed by atoms with Crippen molar-refractivity contribution in [2.75, 3.05) is 5.84 Å². The predicted octanol–water partition coefficient (Wildman–Crippen LogP) is 3.48. The zero-order valence-corrected chi connectivity index (χ0v) is 13.6. The number of benzene rings is 2. The van der Waals surface area contributed by atoms with E-state index in [1.165, 1.54) is 16.4 Å². The number of hydrogen-bond acceptors (Lipinski definition) is 5. The zero-order chi connectivity index (χ0) is 16.2. The molecule has 2 N–H and O–H groups in total. The van der Waals surface area contributed by atoms with Crippen LogP contribution in [0.4, 0.5) is 0 Å². The highest BCUT2D eigenvalue weighted by atomic mass is 35.5. The molecular weight excluding hydrogens is 330 g/mol. The average molecular weight is 342 g/mol. The van der Waals surface area contributed by atoms with Crippen molar-refractivity contribution in [2.45, 2.75) is 10.9 Å². The second-order valence-corrected chi connectivity index (χ2v) is 6.10. The number of nitrogen functional groups attached to an aromatic ring is 1. The molecule has 1 heterocycles. The number of nitrogens with two attached hydrogens (primary N) is 1. The van der Waals surface area contributed by atoms with E-state index in [0.29, 0.717) is 27.3 Å². The van der Waals surface area contributed by atoms with Crippen LogP contribution in [0, 0.1) is 11.3 Å². The van der Waals surface area contributed by atoms with Gasteiger partial charge in [-0.05, 0) is 29.8 Å². The minimum Gasteiger partial charge on any atom is -0.335 e. The Morgan fingerprint density at radius 2 is 1.87 bits per heavy atom. The van der Waals surface area contributed by atoms with Crippen LogP contribution in [0.3, 0.4) is 0 Å². The van der Waals surface area contributed by atoms with Crippen molar-refractivity contribution in [3.8, 4) is 17.5 Å². The van der Waals surface area contributed by atoms with Crippen LogP contribution in [0.5, 0.6) is 0 Å². The molecule has 1 aromatic heterocycles. The molecule has 0 aliphatic heterocycles. The summed E-state index contributed by atoms with van der Waals surface area (Å²) in [6.07, 6.45) is 0. The summed E-state index contributed by atoms with van der Waals surface area (Å²) in [7, 11) is 0. The van der Waals surface area contributed by atoms with Gasteiger partial charge in [-0.15, -0.1) is 10.2 Å². The van der Waals surface area contributed by atoms with Crippen molar-refractivity contribution in [1.29, 1.82) is 5.26 Å². The first kappa shape index (κ1) is 15.4. The maximum absolute atomic E-state index is 8.80. The Hall–Kier alpha value is -2.49. The van der Waals surface area contributed by atoms with Gasteiger partial charge < -0.3 is 5.84 Å². The van der Waals surface area contributed by atoms with Gasteiger partial charge in [-0.1, -0.05) is 47.6 Å². The molecule has 0 aliphatic rings. The van der Waals surface area contributed by atoms with Gasteiger partial charge in [-0.25, -0.2) is 4.68 Å². The molecule has 114 valence electrons. The van der Waals surface area contributed by atoms with Crippen LogP contribution in [0.2, 0.25) is 5.02 Å². The number of thioether (sulfide) groups is 1. The summed E-state index contributed by atoms with van der Waals surface area (Å²) in [5.41, 5.74) is 2.47. The largest absolute Gasteiger partial charge is 0.335 e. The third-order valence-electron chi connectivity index (χ3n) is 3.23. The molecule has 0 saturated carbocycles. The van der Waals surface area contributed by atoms with E-state index in [0.717, 1.165) is 11.1 Å². The fourth-order valence-electron chi connectivity index (χ4n) is 2.03. The molecule has 7 heteroatoms. The van der Waals surface area contributed by atoms with Gasteiger partial charge in [-0.3, -0.25) is 0 Å². The van der Waals surface area contributed by atoms with Gasteiger partial charge in [0, 0.05) is 11.3 Å². The lowest BCUT2D eigenvalue weighted by Gasteiger charge is -2.05. The van der Waals surface area contributed by atoms with E-state index in [2.05, 4.69) is 16.3 Å². The van der Waals surface area contributed by atoms with Crippen LogP contribution >= 0.6 is 23.4 Å². The van der Waals surface area contributed by atoms with E-state index in [4.69, 9.17) is 22.7 Å². The van der Waals surface area contributed by atoms with Gasteiger partial charge in [0.1, 0.15) is 0 Å². The summed E-state index contributed by atoms with van der Waals surface area (Å²) < 4.78 is 1.44. The number of aromatic nitrogens is 3. The topological polar surface area (TPSA) is 80.5 Å². The Morgan fingerprint density at radius 1 is 1.13 bits per heavy atom. The van der Waals surface area contributed by atoms with E-state index in [1.807, 2.05) is 30.3 Å². The molecule has 0 saturated heterocycles. The van der Waals surface area contributed by atoms with Crippen molar-refractivity contribution >= 4 is 23.4 Å². The highest BCUT2D eigenvalue weighted by Crippen LogP contribution is 2.28. The lowest BCUT2D eigenvalue weighted by molar-refractivity contribution is 0.849. The minimum absolute atomic E-state index is 0.526. The molecule has 0 unspecified atom stereocenters. The molecule has 0 spiro atoms. The maximum atomic E-state index is 8.80. The molecule has 0 aliphatic carbocycles. The fourth-order valence-corrected chi connectivity index (χ4v) is 3.06. The molecule has 0 bridgehead atoms. The third-order valence-corrected chi connectivity index (χ3v) is 4.57. The van der Waals surface area contributed by atoms with Crippen LogP contribution in [0.25, 0.3) is 11.4 Å². The normalized spacial score (nSPS) is 10.4. The van der Waals surface area contributed by atoms with E-state index in [1.54, 1.807) is 18.2 Å². The van der Waals surface area contributed by atoms with Crippen molar-refractivity contribution in [2.24, 2.45) is 0 Å². The predicted molar refractivity (Wildman–Crippen MR) is 91.3 cm³/mol. The summed E-state index contributed by atoms with van der Waals surface area (Å²) in [4.78, 5) is 0. The third kappa shape index (κ3) is 3.31. The molecule has 0 fully saturated rings. The second kappa shape index (κ2) is 6.73. The monoisotopic (exact) mass is 341 g/mol. The first-order valence-corrected chi connectivity index (χ1v) is 8.12. The first-order chi connectivity index (χ1) is 11.2. The molecule has 0 amide bonds. The molecule has 0 atom stereocenters. The van der Waals surface area contributed by atoms with Crippen molar-refractivity contribution in [3.05, 3.63) is 64.7 Å². The van der Waals surface area contributed by atoms with Crippen molar-refractivity contribution < 1.29 is 0 Å². The zero-order valence-electron chi connectivity index (χ0n) is 12.0. The molecule has 0 radical (unpaired) electrons. The van der Waals surface area contributed by atoms with Crippen molar-refractivity contribution in [3.63, 3.8) is 0 Å². The average Bonchev–Trinajstić information content (AvgIpc) is 2.94. The molecule has 5 nitrogen and oxygen atoms in total. The summed E-state index contributed by atoms with van der Waals surface area (Å²) >= 11 is 7.65. The van der Waals surface area contributed by atoms with Gasteiger partial charge in [-0.2, -0.15) is 5.26 Å². The van der Waals surface area contributed by atoms with Gasteiger partial charge >= 0.3 is 0 Å². The minimum atomic E-state index is 0.526. The van der Waals surface area contributed by atoms with Gasteiger partial charge in [0.15, 0.2) is 5.82 Å². The van der Waals surface area contributed by atoms with Crippen molar-refractivity contribution in [1.82, 2.24) is 14.9 Å². The van der Waals surface area contributed by atoms with Crippen LogP contribution < -0.4 is 5.84 Å². The second-order valence-electron chi connectivity index (χ2n) is 4.75. The summed E-state index contributed by atoms with van der Waals surface area (Å²) in [6.45, 7) is 0. The number of rotatable bonds is 4. The molecule has 3 aromatic rings. The Labute approximate surface area is 142 Å². The van der Waals surface area contributed by atoms with E-state index >= 15 is 0 Å². The molecule has 23 heavy (non-hydrogen) atoms. The smallest absolute Gasteiger partial charge is 0.210 e. The molecular formula is C16H12ClN5S. The number of nitriles is 1. The molecule has 2 aromatic carbocycles. The first-order valence-electron chi connectivity index (χ1n) is 6.76. The summed E-state index contributed by atoms with van der Waals surface area (Å²) in [5, 5.41) is 18.2. The summed E-state index contributed by atoms with van der Waals surface area (Å²) in [6, 6.07) is 16.9. The van der Waals surface area contributed by atoms with Crippen LogP contribution in [0.15, 0.2) is 53.7 Å². The van der Waals surface area contributed by atoms with Gasteiger partial charge in [0.2, 0.25) is 5.16 Å². The lowest BCUT2D eigenvalue weighted by Crippen LogP contribution is -2.11. The van der Waals surface area contributed by atoms with E-state index in [9.17, 15) is 0 Å². The maximum Gasteiger partial charge on any atom is 0.210 e. The van der Waals surface area contributed by atoms with Crippen LogP contribution in [0.1, 0.15) is 11.1 Å². The highest BCUT2D eigenvalue weighted by molar-refractivity contribution is 7.98. The SMILES string of the molecule is N#Cc1ccc(CSc2nnc(-c3ccccc3Cl)n2N)cc1. The van der Waals surface area contributed by atoms with Crippen LogP contribution in [-0.4, -0.2) is 14.9 Å². The Bertz CT molecular complexity index is 867. The number of halogens is 1. The quantitative estimate of drug-likeness (QED) is 0.580. The fraction of sp³-hybridized carbons (Fsp3) is 0.0625. The lowest BCUT2D eigenvalue weighted by atomic mass is 10.2. The van der Waals surface area contributed by atoms with Gasteiger partial charge in [0.25, 0.3) is 0 Å². The van der Waals surface area contributed by atoms with Crippen LogP contribution in [-0.2, 0) is 5.75 Å². The number of hydrogen-bond donors (Lipinski definition) is 1. The van der Waals surface area contributed by atoms with E-state index in [-0.39, 0.29) is 0 Å². The van der Waals surface area contributed by atoms with Gasteiger partial charge in [0.05, 0.1) is 16.7 Å². The Balaban J connectivity index is 1.77. The Kier molecular flexibility index (Phi) is 4.51. The number of nitrogens with zero attached hydrogens (tertiary/aromatic N) is 4. The standard InChI is InChI=1S/C16H12ClN5S/c17-14-4-2-1-3-13(14)15-20-21-16(22(15)19)23-10-12-7-5-11(9-18)6-8-12/h1-8H,10,19H2. The highest BCUT2D eigenvalue weighted by Gasteiger charge is 2.14.